The summed E-state index contributed by atoms with van der Waals surface area (Å²) in [7, 11) is -3.73. The summed E-state index contributed by atoms with van der Waals surface area (Å²) >= 11 is 3.41. The van der Waals surface area contributed by atoms with E-state index in [1.54, 1.807) is 24.3 Å². The van der Waals surface area contributed by atoms with Gasteiger partial charge in [-0.3, -0.25) is 9.59 Å². The molecular weight excluding hydrogens is 444 g/mol. The lowest BCUT2D eigenvalue weighted by atomic mass is 10.1. The second-order valence-corrected chi connectivity index (χ2v) is 10.8. The standard InChI is InChI=1S/C20H21BrN2O4S/c1-13-10-14(8-9-15(13)21)22-18(24)12-23-16-6-4-5-7-17(16)28(26,27)20(2,3)11-19(23)25/h4-10H,11-12H2,1-3H3,(H,22,24). The zero-order valence-corrected chi connectivity index (χ0v) is 18.2. The van der Waals surface area contributed by atoms with E-state index in [1.165, 1.54) is 24.8 Å². The minimum absolute atomic E-state index is 0.0677. The summed E-state index contributed by atoms with van der Waals surface area (Å²) in [6.07, 6.45) is -0.200. The second-order valence-electron chi connectivity index (χ2n) is 7.40. The first-order valence-corrected chi connectivity index (χ1v) is 11.0. The number of anilines is 2. The molecule has 3 rings (SSSR count). The van der Waals surface area contributed by atoms with Crippen LogP contribution in [0.5, 0.6) is 0 Å². The minimum Gasteiger partial charge on any atom is -0.325 e. The first kappa shape index (κ1) is 20.5. The number of rotatable bonds is 3. The molecule has 0 saturated carbocycles. The lowest BCUT2D eigenvalue weighted by molar-refractivity contribution is -0.121. The maximum Gasteiger partial charge on any atom is 0.244 e. The van der Waals surface area contributed by atoms with Gasteiger partial charge < -0.3 is 10.2 Å². The Labute approximate surface area is 173 Å². The van der Waals surface area contributed by atoms with Crippen LogP contribution in [0.1, 0.15) is 25.8 Å². The number of hydrogen-bond donors (Lipinski definition) is 1. The number of nitrogens with zero attached hydrogens (tertiary/aromatic N) is 1. The van der Waals surface area contributed by atoms with Gasteiger partial charge in [-0.1, -0.05) is 28.1 Å². The second kappa shape index (κ2) is 7.33. The molecule has 0 atom stereocenters. The Bertz CT molecular complexity index is 1060. The topological polar surface area (TPSA) is 83.6 Å². The average molecular weight is 465 g/mol. The van der Waals surface area contributed by atoms with Crippen LogP contribution in [0.2, 0.25) is 0 Å². The van der Waals surface area contributed by atoms with Crippen LogP contribution < -0.4 is 10.2 Å². The van der Waals surface area contributed by atoms with Gasteiger partial charge in [-0.15, -0.1) is 0 Å². The average Bonchev–Trinajstić information content (AvgIpc) is 2.66. The van der Waals surface area contributed by atoms with Gasteiger partial charge in [-0.25, -0.2) is 8.42 Å². The molecule has 0 fully saturated rings. The quantitative estimate of drug-likeness (QED) is 0.750. The van der Waals surface area contributed by atoms with Crippen LogP contribution in [0.4, 0.5) is 11.4 Å². The van der Waals surface area contributed by atoms with Crippen LogP contribution in [0.25, 0.3) is 0 Å². The van der Waals surface area contributed by atoms with E-state index < -0.39 is 26.4 Å². The summed E-state index contributed by atoms with van der Waals surface area (Å²) in [5.74, 6) is -0.803. The number of carbonyl (C=O) groups excluding carboxylic acids is 2. The van der Waals surface area contributed by atoms with Crippen LogP contribution in [0.15, 0.2) is 51.8 Å². The molecule has 2 amide bonds. The number of hydrogen-bond acceptors (Lipinski definition) is 4. The first-order valence-electron chi connectivity index (χ1n) is 8.73. The smallest absolute Gasteiger partial charge is 0.244 e. The van der Waals surface area contributed by atoms with Crippen molar-refractivity contribution < 1.29 is 18.0 Å². The van der Waals surface area contributed by atoms with Gasteiger partial charge in [0.05, 0.1) is 15.3 Å². The monoisotopic (exact) mass is 464 g/mol. The number of halogens is 1. The SMILES string of the molecule is Cc1cc(NC(=O)CN2C(=O)CC(C)(C)S(=O)(=O)c3ccccc32)ccc1Br. The molecule has 0 radical (unpaired) electrons. The molecule has 28 heavy (non-hydrogen) atoms. The van der Waals surface area contributed by atoms with Crippen molar-refractivity contribution in [3.63, 3.8) is 0 Å². The van der Waals surface area contributed by atoms with Crippen molar-refractivity contribution in [2.24, 2.45) is 0 Å². The van der Waals surface area contributed by atoms with E-state index in [4.69, 9.17) is 0 Å². The fraction of sp³-hybridized carbons (Fsp3) is 0.300. The van der Waals surface area contributed by atoms with Gasteiger partial charge in [-0.2, -0.15) is 0 Å². The fourth-order valence-corrected chi connectivity index (χ4v) is 5.00. The lowest BCUT2D eigenvalue weighted by Crippen LogP contribution is -2.40. The maximum absolute atomic E-state index is 13.0. The van der Waals surface area contributed by atoms with Crippen LogP contribution in [0, 0.1) is 6.92 Å². The summed E-state index contributed by atoms with van der Waals surface area (Å²) < 4.78 is 25.7. The summed E-state index contributed by atoms with van der Waals surface area (Å²) in [5.41, 5.74) is 1.80. The number of sulfone groups is 1. The van der Waals surface area contributed by atoms with Crippen LogP contribution in [-0.4, -0.2) is 31.5 Å². The molecule has 0 aliphatic carbocycles. The van der Waals surface area contributed by atoms with E-state index in [0.717, 1.165) is 10.0 Å². The van der Waals surface area contributed by atoms with Crippen molar-refractivity contribution in [2.45, 2.75) is 36.8 Å². The van der Waals surface area contributed by atoms with E-state index in [9.17, 15) is 18.0 Å². The van der Waals surface area contributed by atoms with Gasteiger partial charge >= 0.3 is 0 Å². The molecule has 148 valence electrons. The van der Waals surface area contributed by atoms with E-state index in [0.29, 0.717) is 5.69 Å². The number of aryl methyl sites for hydroxylation is 1. The first-order chi connectivity index (χ1) is 13.0. The maximum atomic E-state index is 13.0. The van der Waals surface area contributed by atoms with Crippen LogP contribution in [-0.2, 0) is 19.4 Å². The summed E-state index contributed by atoms with van der Waals surface area (Å²) in [5, 5.41) is 2.77. The minimum atomic E-state index is -3.73. The van der Waals surface area contributed by atoms with E-state index in [1.807, 2.05) is 19.1 Å². The zero-order valence-electron chi connectivity index (χ0n) is 15.8. The molecule has 1 aliphatic heterocycles. The molecule has 8 heteroatoms. The summed E-state index contributed by atoms with van der Waals surface area (Å²) in [6.45, 7) is 4.70. The van der Waals surface area contributed by atoms with E-state index >= 15 is 0 Å². The Morgan fingerprint density at radius 3 is 2.57 bits per heavy atom. The van der Waals surface area contributed by atoms with Crippen molar-refractivity contribution in [3.05, 3.63) is 52.5 Å². The highest BCUT2D eigenvalue weighted by Gasteiger charge is 2.44. The van der Waals surface area contributed by atoms with Gasteiger partial charge in [0.15, 0.2) is 9.84 Å². The number of benzene rings is 2. The predicted octanol–water partition coefficient (Wildman–Crippen LogP) is 3.69. The van der Waals surface area contributed by atoms with Gasteiger partial charge in [0.2, 0.25) is 11.8 Å². The molecule has 2 aromatic carbocycles. The largest absolute Gasteiger partial charge is 0.325 e. The Balaban J connectivity index is 1.93. The summed E-state index contributed by atoms with van der Waals surface area (Å²) in [6, 6.07) is 11.7. The van der Waals surface area contributed by atoms with Crippen LogP contribution in [0.3, 0.4) is 0 Å². The molecule has 2 aromatic rings. The van der Waals surface area contributed by atoms with Crippen molar-refractivity contribution in [1.82, 2.24) is 0 Å². The molecule has 0 aromatic heterocycles. The number of carbonyl (C=O) groups is 2. The molecule has 1 aliphatic rings. The molecule has 0 saturated heterocycles. The third-order valence-electron chi connectivity index (χ3n) is 4.79. The molecule has 0 unspecified atom stereocenters. The van der Waals surface area contributed by atoms with Crippen molar-refractivity contribution in [2.75, 3.05) is 16.8 Å². The number of fused-ring (bicyclic) bond motifs is 1. The normalized spacial score (nSPS) is 17.6. The Kier molecular flexibility index (Phi) is 5.38. The Morgan fingerprint density at radius 1 is 1.21 bits per heavy atom. The van der Waals surface area contributed by atoms with Crippen LogP contribution >= 0.6 is 15.9 Å². The molecule has 1 N–H and O–H groups in total. The fourth-order valence-electron chi connectivity index (χ4n) is 3.13. The molecule has 1 heterocycles. The van der Waals surface area contributed by atoms with E-state index in [2.05, 4.69) is 21.2 Å². The lowest BCUT2D eigenvalue weighted by Gasteiger charge is -2.22. The Hall–Kier alpha value is -2.19. The third kappa shape index (κ3) is 3.71. The Morgan fingerprint density at radius 2 is 1.89 bits per heavy atom. The molecule has 0 bridgehead atoms. The predicted molar refractivity (Wildman–Crippen MR) is 112 cm³/mol. The molecule has 0 spiro atoms. The van der Waals surface area contributed by atoms with Gasteiger partial charge in [0.25, 0.3) is 0 Å². The molecular formula is C20H21BrN2O4S. The van der Waals surface area contributed by atoms with Crippen molar-refractivity contribution >= 4 is 49.0 Å². The highest BCUT2D eigenvalue weighted by atomic mass is 79.9. The highest BCUT2D eigenvalue weighted by Crippen LogP contribution is 2.38. The van der Waals surface area contributed by atoms with Gasteiger partial charge in [0.1, 0.15) is 6.54 Å². The number of nitrogens with one attached hydrogen (secondary N) is 1. The van der Waals surface area contributed by atoms with Crippen molar-refractivity contribution in [3.8, 4) is 0 Å². The van der Waals surface area contributed by atoms with Crippen molar-refractivity contribution in [1.29, 1.82) is 0 Å². The van der Waals surface area contributed by atoms with E-state index in [-0.39, 0.29) is 23.5 Å². The number of amides is 2. The highest BCUT2D eigenvalue weighted by molar-refractivity contribution is 9.10. The van der Waals surface area contributed by atoms with Gasteiger partial charge in [-0.05, 0) is 56.7 Å². The number of para-hydroxylation sites is 1. The van der Waals surface area contributed by atoms with Gasteiger partial charge in [0, 0.05) is 16.6 Å². The zero-order chi connectivity index (χ0) is 20.7. The third-order valence-corrected chi connectivity index (χ3v) is 8.21. The summed E-state index contributed by atoms with van der Waals surface area (Å²) in [4.78, 5) is 26.8. The molecule has 6 nitrogen and oxygen atoms in total.